The van der Waals surface area contributed by atoms with Gasteiger partial charge in [-0.2, -0.15) is 0 Å². The number of nitrogens with one attached hydrogen (secondary N) is 2. The number of carbonyl (C=O) groups excluding carboxylic acids is 1. The van der Waals surface area contributed by atoms with Crippen molar-refractivity contribution in [1.29, 1.82) is 0 Å². The Morgan fingerprint density at radius 2 is 1.77 bits per heavy atom. The topological polar surface area (TPSA) is 75.2 Å². The molecular weight excluding hydrogens is 495 g/mol. The lowest BCUT2D eigenvalue weighted by atomic mass is 10.1. The number of hydrogen-bond acceptors (Lipinski definition) is 4. The zero-order valence-electron chi connectivity index (χ0n) is 18.5. The molecule has 0 aliphatic carbocycles. The van der Waals surface area contributed by atoms with Crippen LogP contribution in [0.1, 0.15) is 45.6 Å². The van der Waals surface area contributed by atoms with Crippen molar-refractivity contribution in [2.75, 3.05) is 45.9 Å². The molecule has 170 valence electrons. The number of rotatable bonds is 11. The van der Waals surface area contributed by atoms with E-state index < -0.39 is 0 Å². The maximum atomic E-state index is 12.1. The Hall–Kier alpha value is -1.71. The van der Waals surface area contributed by atoms with E-state index in [4.69, 9.17) is 9.47 Å². The zero-order chi connectivity index (χ0) is 20.9. The number of hydrogen-bond donors (Lipinski definition) is 2. The molecule has 0 unspecified atom stereocenters. The van der Waals surface area contributed by atoms with Crippen LogP contribution in [0, 0.1) is 0 Å². The summed E-state index contributed by atoms with van der Waals surface area (Å²) in [6, 6.07) is 6.07. The van der Waals surface area contributed by atoms with Crippen molar-refractivity contribution in [3.8, 4) is 11.5 Å². The first kappa shape index (κ1) is 26.3. The van der Waals surface area contributed by atoms with Gasteiger partial charge in [0.15, 0.2) is 17.5 Å². The summed E-state index contributed by atoms with van der Waals surface area (Å²) in [4.78, 5) is 18.6. The normalized spacial score (nSPS) is 13.6. The van der Waals surface area contributed by atoms with Gasteiger partial charge in [0, 0.05) is 32.6 Å². The Balaban J connectivity index is 0.00000450. The van der Waals surface area contributed by atoms with Crippen molar-refractivity contribution >= 4 is 35.8 Å². The van der Waals surface area contributed by atoms with Crippen LogP contribution in [0.3, 0.4) is 0 Å². The number of benzene rings is 1. The van der Waals surface area contributed by atoms with Gasteiger partial charge < -0.3 is 25.0 Å². The monoisotopic (exact) mass is 532 g/mol. The van der Waals surface area contributed by atoms with E-state index in [0.29, 0.717) is 26.2 Å². The van der Waals surface area contributed by atoms with E-state index >= 15 is 0 Å². The highest BCUT2D eigenvalue weighted by Gasteiger charge is 2.17. The third-order valence-electron chi connectivity index (χ3n) is 4.71. The maximum absolute atomic E-state index is 12.1. The van der Waals surface area contributed by atoms with Crippen LogP contribution in [0.25, 0.3) is 0 Å². The summed E-state index contributed by atoms with van der Waals surface area (Å²) in [6.07, 6.45) is 3.54. The number of halogens is 1. The summed E-state index contributed by atoms with van der Waals surface area (Å²) >= 11 is 0. The van der Waals surface area contributed by atoms with Gasteiger partial charge >= 0.3 is 0 Å². The SMILES string of the molecule is CCNC(=NCCC(=O)N1CCCC1)NCCc1ccc(OCC)c(OCC)c1.I. The number of ether oxygens (including phenoxy) is 2. The number of nitrogens with zero attached hydrogens (tertiary/aromatic N) is 2. The van der Waals surface area contributed by atoms with Crippen LogP contribution in [0.15, 0.2) is 23.2 Å². The van der Waals surface area contributed by atoms with Gasteiger partial charge in [0.05, 0.1) is 19.8 Å². The second-order valence-corrected chi connectivity index (χ2v) is 6.92. The van der Waals surface area contributed by atoms with Crippen molar-refractivity contribution in [3.63, 3.8) is 0 Å². The summed E-state index contributed by atoms with van der Waals surface area (Å²) < 4.78 is 11.3. The van der Waals surface area contributed by atoms with E-state index in [0.717, 1.165) is 62.9 Å². The minimum atomic E-state index is 0. The highest BCUT2D eigenvalue weighted by atomic mass is 127. The van der Waals surface area contributed by atoms with E-state index in [1.165, 1.54) is 5.56 Å². The summed E-state index contributed by atoms with van der Waals surface area (Å²) in [5.41, 5.74) is 1.17. The van der Waals surface area contributed by atoms with Crippen molar-refractivity contribution in [2.24, 2.45) is 4.99 Å². The second-order valence-electron chi connectivity index (χ2n) is 6.92. The fourth-order valence-electron chi connectivity index (χ4n) is 3.31. The molecular formula is C22H37IN4O3. The summed E-state index contributed by atoms with van der Waals surface area (Å²) in [5, 5.41) is 6.58. The molecule has 0 saturated carbocycles. The molecule has 0 radical (unpaired) electrons. The van der Waals surface area contributed by atoms with Gasteiger partial charge in [0.25, 0.3) is 0 Å². The summed E-state index contributed by atoms with van der Waals surface area (Å²) in [5.74, 6) is 2.52. The van der Waals surface area contributed by atoms with Gasteiger partial charge in [-0.25, -0.2) is 0 Å². The molecule has 0 spiro atoms. The van der Waals surface area contributed by atoms with Crippen LogP contribution in [-0.2, 0) is 11.2 Å². The van der Waals surface area contributed by atoms with Gasteiger partial charge in [0.2, 0.25) is 5.91 Å². The average molecular weight is 532 g/mol. The molecule has 1 aliphatic heterocycles. The van der Waals surface area contributed by atoms with Crippen LogP contribution in [0.5, 0.6) is 11.5 Å². The minimum Gasteiger partial charge on any atom is -0.490 e. The molecule has 30 heavy (non-hydrogen) atoms. The summed E-state index contributed by atoms with van der Waals surface area (Å²) in [6.45, 7) is 11.0. The molecule has 8 heteroatoms. The van der Waals surface area contributed by atoms with Crippen LogP contribution in [0.4, 0.5) is 0 Å². The third-order valence-corrected chi connectivity index (χ3v) is 4.71. The number of carbonyl (C=O) groups is 1. The third kappa shape index (κ3) is 8.97. The Kier molecular flexibility index (Phi) is 13.3. The first-order chi connectivity index (χ1) is 14.2. The standard InChI is InChI=1S/C22H36N4O3.HI/c1-4-23-22(25-14-12-21(27)26-15-7-8-16-26)24-13-11-18-9-10-19(28-5-2)20(17-18)29-6-3;/h9-10,17H,4-8,11-16H2,1-3H3,(H2,23,24,25);1H. The number of amides is 1. The van der Waals surface area contributed by atoms with Crippen LogP contribution in [0.2, 0.25) is 0 Å². The quantitative estimate of drug-likeness (QED) is 0.260. The molecule has 2 rings (SSSR count). The van der Waals surface area contributed by atoms with Crippen LogP contribution in [-0.4, -0.2) is 62.7 Å². The Bertz CT molecular complexity index is 664. The van der Waals surface area contributed by atoms with Gasteiger partial charge in [0.1, 0.15) is 0 Å². The number of aliphatic imine (C=N–C) groups is 1. The molecule has 1 fully saturated rings. The van der Waals surface area contributed by atoms with E-state index in [1.807, 2.05) is 37.8 Å². The number of guanidine groups is 1. The molecule has 1 aromatic carbocycles. The van der Waals surface area contributed by atoms with Gasteiger partial charge in [-0.3, -0.25) is 9.79 Å². The van der Waals surface area contributed by atoms with Crippen molar-refractivity contribution in [3.05, 3.63) is 23.8 Å². The molecule has 0 atom stereocenters. The number of likely N-dealkylation sites (tertiary alicyclic amines) is 1. The van der Waals surface area contributed by atoms with E-state index in [-0.39, 0.29) is 29.9 Å². The first-order valence-electron chi connectivity index (χ1n) is 10.9. The Labute approximate surface area is 198 Å². The lowest BCUT2D eigenvalue weighted by Gasteiger charge is -2.15. The smallest absolute Gasteiger partial charge is 0.224 e. The molecule has 7 nitrogen and oxygen atoms in total. The lowest BCUT2D eigenvalue weighted by molar-refractivity contribution is -0.129. The lowest BCUT2D eigenvalue weighted by Crippen LogP contribution is -2.38. The fourth-order valence-corrected chi connectivity index (χ4v) is 3.31. The Morgan fingerprint density at radius 1 is 1.07 bits per heavy atom. The average Bonchev–Trinajstić information content (AvgIpc) is 3.25. The van der Waals surface area contributed by atoms with E-state index in [2.05, 4.69) is 21.7 Å². The van der Waals surface area contributed by atoms with Gasteiger partial charge in [-0.15, -0.1) is 24.0 Å². The van der Waals surface area contributed by atoms with E-state index in [9.17, 15) is 4.79 Å². The molecule has 1 amide bonds. The predicted molar refractivity (Wildman–Crippen MR) is 132 cm³/mol. The highest BCUT2D eigenvalue weighted by Crippen LogP contribution is 2.28. The first-order valence-corrected chi connectivity index (χ1v) is 10.9. The second kappa shape index (κ2) is 15.1. The summed E-state index contributed by atoms with van der Waals surface area (Å²) in [7, 11) is 0. The molecule has 2 N–H and O–H groups in total. The van der Waals surface area contributed by atoms with Gasteiger partial charge in [-0.05, 0) is 57.7 Å². The van der Waals surface area contributed by atoms with E-state index in [1.54, 1.807) is 0 Å². The molecule has 1 saturated heterocycles. The van der Waals surface area contributed by atoms with Crippen molar-refractivity contribution in [2.45, 2.75) is 46.5 Å². The maximum Gasteiger partial charge on any atom is 0.224 e. The minimum absolute atomic E-state index is 0. The Morgan fingerprint density at radius 3 is 2.43 bits per heavy atom. The molecule has 1 heterocycles. The highest BCUT2D eigenvalue weighted by molar-refractivity contribution is 14.0. The largest absolute Gasteiger partial charge is 0.490 e. The van der Waals surface area contributed by atoms with Crippen molar-refractivity contribution in [1.82, 2.24) is 15.5 Å². The van der Waals surface area contributed by atoms with Crippen LogP contribution >= 0.6 is 24.0 Å². The molecule has 1 aliphatic rings. The predicted octanol–water partition coefficient (Wildman–Crippen LogP) is 3.21. The molecule has 0 bridgehead atoms. The fraction of sp³-hybridized carbons (Fsp3) is 0.636. The molecule has 0 aromatic heterocycles. The van der Waals surface area contributed by atoms with Crippen LogP contribution < -0.4 is 20.1 Å². The van der Waals surface area contributed by atoms with Gasteiger partial charge in [-0.1, -0.05) is 6.07 Å². The zero-order valence-corrected chi connectivity index (χ0v) is 20.9. The van der Waals surface area contributed by atoms with Crippen molar-refractivity contribution < 1.29 is 14.3 Å². The molecule has 1 aromatic rings.